The SMILES string of the molecule is CCOC(=O)[C@@H]1CCC[C@@H]1NCc1ccc(OC)cc1OC. The number of ether oxygens (including phenoxy) is 3. The Bertz CT molecular complexity index is 503. The summed E-state index contributed by atoms with van der Waals surface area (Å²) in [5.41, 5.74) is 1.05. The number of carbonyl (C=O) groups excluding carboxylic acids is 1. The van der Waals surface area contributed by atoms with Gasteiger partial charge in [0.15, 0.2) is 0 Å². The van der Waals surface area contributed by atoms with Crippen molar-refractivity contribution in [2.75, 3.05) is 20.8 Å². The molecular weight excluding hydrogens is 282 g/mol. The second kappa shape index (κ2) is 8.03. The Balaban J connectivity index is 1.98. The molecule has 1 N–H and O–H groups in total. The maximum atomic E-state index is 12.0. The number of esters is 1. The minimum absolute atomic E-state index is 0.0378. The Hall–Kier alpha value is -1.75. The monoisotopic (exact) mass is 307 g/mol. The summed E-state index contributed by atoms with van der Waals surface area (Å²) in [6.07, 6.45) is 2.96. The number of methoxy groups -OCH3 is 2. The van der Waals surface area contributed by atoms with Gasteiger partial charge in [-0.25, -0.2) is 0 Å². The van der Waals surface area contributed by atoms with E-state index in [1.54, 1.807) is 14.2 Å². The molecule has 0 aromatic heterocycles. The van der Waals surface area contributed by atoms with Crippen molar-refractivity contribution in [3.63, 3.8) is 0 Å². The maximum absolute atomic E-state index is 12.0. The highest BCUT2D eigenvalue weighted by molar-refractivity contribution is 5.73. The summed E-state index contributed by atoms with van der Waals surface area (Å²) in [6, 6.07) is 5.94. The minimum Gasteiger partial charge on any atom is -0.497 e. The Labute approximate surface area is 131 Å². The van der Waals surface area contributed by atoms with Gasteiger partial charge in [0.25, 0.3) is 0 Å². The molecule has 1 fully saturated rings. The average Bonchev–Trinajstić information content (AvgIpc) is 3.01. The van der Waals surface area contributed by atoms with Crippen LogP contribution in [0.2, 0.25) is 0 Å². The third-order valence-corrected chi connectivity index (χ3v) is 4.15. The van der Waals surface area contributed by atoms with E-state index in [0.29, 0.717) is 13.2 Å². The van der Waals surface area contributed by atoms with Crippen molar-refractivity contribution in [2.24, 2.45) is 5.92 Å². The van der Waals surface area contributed by atoms with E-state index in [1.807, 2.05) is 25.1 Å². The summed E-state index contributed by atoms with van der Waals surface area (Å²) in [5, 5.41) is 3.48. The van der Waals surface area contributed by atoms with Crippen molar-refractivity contribution in [3.05, 3.63) is 23.8 Å². The lowest BCUT2D eigenvalue weighted by Gasteiger charge is -2.20. The van der Waals surface area contributed by atoms with Gasteiger partial charge in [0.1, 0.15) is 11.5 Å². The number of rotatable bonds is 7. The number of carbonyl (C=O) groups is 1. The van der Waals surface area contributed by atoms with E-state index in [9.17, 15) is 4.79 Å². The van der Waals surface area contributed by atoms with Gasteiger partial charge in [0.05, 0.1) is 26.7 Å². The van der Waals surface area contributed by atoms with E-state index in [2.05, 4.69) is 5.32 Å². The molecule has 0 aliphatic heterocycles. The first-order valence-electron chi connectivity index (χ1n) is 7.80. The lowest BCUT2D eigenvalue weighted by atomic mass is 10.0. The van der Waals surface area contributed by atoms with Gasteiger partial charge in [-0.3, -0.25) is 4.79 Å². The van der Waals surface area contributed by atoms with E-state index in [0.717, 1.165) is 36.3 Å². The van der Waals surface area contributed by atoms with Crippen LogP contribution in [0.15, 0.2) is 18.2 Å². The zero-order chi connectivity index (χ0) is 15.9. The number of nitrogens with one attached hydrogen (secondary N) is 1. The molecule has 1 aliphatic carbocycles. The van der Waals surface area contributed by atoms with Crippen molar-refractivity contribution in [2.45, 2.75) is 38.8 Å². The molecule has 0 radical (unpaired) electrons. The van der Waals surface area contributed by atoms with E-state index in [-0.39, 0.29) is 17.9 Å². The van der Waals surface area contributed by atoms with Gasteiger partial charge >= 0.3 is 5.97 Å². The van der Waals surface area contributed by atoms with Gasteiger partial charge in [0, 0.05) is 24.2 Å². The molecule has 1 aromatic carbocycles. The van der Waals surface area contributed by atoms with Crippen molar-refractivity contribution in [1.29, 1.82) is 0 Å². The van der Waals surface area contributed by atoms with Crippen LogP contribution >= 0.6 is 0 Å². The van der Waals surface area contributed by atoms with Crippen LogP contribution in [0.25, 0.3) is 0 Å². The Morgan fingerprint density at radius 2 is 2.09 bits per heavy atom. The molecule has 2 rings (SSSR count). The third-order valence-electron chi connectivity index (χ3n) is 4.15. The second-order valence-electron chi connectivity index (χ2n) is 5.45. The molecule has 122 valence electrons. The molecule has 1 saturated carbocycles. The fourth-order valence-corrected chi connectivity index (χ4v) is 2.97. The fraction of sp³-hybridized carbons (Fsp3) is 0.588. The van der Waals surface area contributed by atoms with Crippen LogP contribution < -0.4 is 14.8 Å². The Morgan fingerprint density at radius 3 is 2.77 bits per heavy atom. The van der Waals surface area contributed by atoms with Crippen LogP contribution in [0.3, 0.4) is 0 Å². The molecule has 1 aliphatic rings. The zero-order valence-corrected chi connectivity index (χ0v) is 13.6. The summed E-state index contributed by atoms with van der Waals surface area (Å²) in [7, 11) is 3.28. The molecule has 0 bridgehead atoms. The first kappa shape index (κ1) is 16.6. The highest BCUT2D eigenvalue weighted by atomic mass is 16.5. The molecule has 0 saturated heterocycles. The van der Waals surface area contributed by atoms with Crippen molar-refractivity contribution < 1.29 is 19.0 Å². The van der Waals surface area contributed by atoms with Crippen LogP contribution in [0, 0.1) is 5.92 Å². The van der Waals surface area contributed by atoms with Crippen molar-refractivity contribution in [1.82, 2.24) is 5.32 Å². The highest BCUT2D eigenvalue weighted by Gasteiger charge is 2.33. The lowest BCUT2D eigenvalue weighted by molar-refractivity contribution is -0.148. The standard InChI is InChI=1S/C17H25NO4/c1-4-22-17(19)14-6-5-7-15(14)18-11-12-8-9-13(20-2)10-16(12)21-3/h8-10,14-15,18H,4-7,11H2,1-3H3/t14-,15+/m1/s1. The molecule has 0 heterocycles. The normalized spacial score (nSPS) is 20.7. The molecule has 5 nitrogen and oxygen atoms in total. The third kappa shape index (κ3) is 3.91. The van der Waals surface area contributed by atoms with E-state index >= 15 is 0 Å². The zero-order valence-electron chi connectivity index (χ0n) is 13.6. The Kier molecular flexibility index (Phi) is 6.07. The van der Waals surface area contributed by atoms with Crippen LogP contribution in [0.4, 0.5) is 0 Å². The molecule has 0 amide bonds. The van der Waals surface area contributed by atoms with E-state index in [4.69, 9.17) is 14.2 Å². The predicted molar refractivity (Wildman–Crippen MR) is 84.1 cm³/mol. The topological polar surface area (TPSA) is 56.8 Å². The van der Waals surface area contributed by atoms with Crippen LogP contribution in [-0.2, 0) is 16.1 Å². The molecule has 2 atom stereocenters. The number of hydrogen-bond acceptors (Lipinski definition) is 5. The molecule has 1 aromatic rings. The van der Waals surface area contributed by atoms with Gasteiger partial charge in [-0.2, -0.15) is 0 Å². The highest BCUT2D eigenvalue weighted by Crippen LogP contribution is 2.29. The van der Waals surface area contributed by atoms with E-state index < -0.39 is 0 Å². The molecule has 22 heavy (non-hydrogen) atoms. The van der Waals surface area contributed by atoms with Gasteiger partial charge < -0.3 is 19.5 Å². The van der Waals surface area contributed by atoms with Crippen molar-refractivity contribution in [3.8, 4) is 11.5 Å². The smallest absolute Gasteiger partial charge is 0.310 e. The van der Waals surface area contributed by atoms with Crippen LogP contribution in [0.5, 0.6) is 11.5 Å². The molecule has 0 spiro atoms. The summed E-state index contributed by atoms with van der Waals surface area (Å²) in [4.78, 5) is 12.0. The minimum atomic E-state index is -0.0841. The number of hydrogen-bond donors (Lipinski definition) is 1. The van der Waals surface area contributed by atoms with Gasteiger partial charge in [-0.05, 0) is 25.8 Å². The maximum Gasteiger partial charge on any atom is 0.310 e. The van der Waals surface area contributed by atoms with Crippen LogP contribution in [-0.4, -0.2) is 32.8 Å². The van der Waals surface area contributed by atoms with Gasteiger partial charge in [-0.15, -0.1) is 0 Å². The largest absolute Gasteiger partial charge is 0.497 e. The Morgan fingerprint density at radius 1 is 1.27 bits per heavy atom. The number of benzene rings is 1. The van der Waals surface area contributed by atoms with Crippen LogP contribution in [0.1, 0.15) is 31.7 Å². The lowest BCUT2D eigenvalue weighted by Crippen LogP contribution is -2.36. The first-order valence-corrected chi connectivity index (χ1v) is 7.80. The quantitative estimate of drug-likeness (QED) is 0.785. The summed E-state index contributed by atoms with van der Waals surface area (Å²) in [5.74, 6) is 1.44. The molecule has 5 heteroatoms. The summed E-state index contributed by atoms with van der Waals surface area (Å²) < 4.78 is 15.8. The predicted octanol–water partition coefficient (Wildman–Crippen LogP) is 2.53. The summed E-state index contributed by atoms with van der Waals surface area (Å²) in [6.45, 7) is 2.94. The molecular formula is C17H25NO4. The summed E-state index contributed by atoms with van der Waals surface area (Å²) >= 11 is 0. The van der Waals surface area contributed by atoms with E-state index in [1.165, 1.54) is 0 Å². The van der Waals surface area contributed by atoms with Gasteiger partial charge in [0.2, 0.25) is 0 Å². The molecule has 0 unspecified atom stereocenters. The van der Waals surface area contributed by atoms with Crippen molar-refractivity contribution >= 4 is 5.97 Å². The van der Waals surface area contributed by atoms with Gasteiger partial charge in [-0.1, -0.05) is 12.5 Å². The second-order valence-corrected chi connectivity index (χ2v) is 5.45. The average molecular weight is 307 g/mol. The first-order chi connectivity index (χ1) is 10.7. The fourth-order valence-electron chi connectivity index (χ4n) is 2.97.